The van der Waals surface area contributed by atoms with E-state index in [9.17, 15) is 4.79 Å². The summed E-state index contributed by atoms with van der Waals surface area (Å²) in [6, 6.07) is 12.3. The quantitative estimate of drug-likeness (QED) is 0.231. The first-order valence-electron chi connectivity index (χ1n) is 8.08. The Bertz CT molecular complexity index is 869. The topological polar surface area (TPSA) is 90.0 Å². The first-order valence-corrected chi connectivity index (χ1v) is 8.08. The number of rotatable bonds is 7. The van der Waals surface area contributed by atoms with Gasteiger partial charge in [-0.1, -0.05) is 12.1 Å². The highest BCUT2D eigenvalue weighted by Gasteiger charge is 1.99. The number of amides is 1. The summed E-state index contributed by atoms with van der Waals surface area (Å²) in [4.78, 5) is 18.4. The molecule has 0 atom stereocenters. The number of hydrogen-bond acceptors (Lipinski definition) is 4. The molecule has 0 saturated heterocycles. The van der Waals surface area contributed by atoms with E-state index in [1.807, 2.05) is 18.3 Å². The SMILES string of the molecule is O=C(/C=C/c1ccc(CNCCc2ccc3[nH]ccc3c2)cn1)NO. The third-order valence-electron chi connectivity index (χ3n) is 3.90. The molecule has 0 unspecified atom stereocenters. The summed E-state index contributed by atoms with van der Waals surface area (Å²) in [5.41, 5.74) is 5.74. The van der Waals surface area contributed by atoms with E-state index in [0.29, 0.717) is 5.69 Å². The predicted octanol–water partition coefficient (Wildman–Crippen LogP) is 2.41. The fourth-order valence-electron chi connectivity index (χ4n) is 2.56. The minimum absolute atomic E-state index is 0.578. The van der Waals surface area contributed by atoms with Crippen LogP contribution in [0.2, 0.25) is 0 Å². The third-order valence-corrected chi connectivity index (χ3v) is 3.90. The van der Waals surface area contributed by atoms with Gasteiger partial charge in [0.25, 0.3) is 5.91 Å². The zero-order valence-electron chi connectivity index (χ0n) is 13.7. The van der Waals surface area contributed by atoms with E-state index in [1.165, 1.54) is 22.5 Å². The number of aromatic nitrogens is 2. The van der Waals surface area contributed by atoms with Crippen LogP contribution in [0.1, 0.15) is 16.8 Å². The summed E-state index contributed by atoms with van der Waals surface area (Å²) in [6.45, 7) is 1.62. The molecule has 128 valence electrons. The van der Waals surface area contributed by atoms with Gasteiger partial charge in [-0.15, -0.1) is 0 Å². The molecule has 2 aromatic heterocycles. The van der Waals surface area contributed by atoms with Crippen molar-refractivity contribution in [3.8, 4) is 0 Å². The molecule has 0 saturated carbocycles. The zero-order valence-corrected chi connectivity index (χ0v) is 13.7. The van der Waals surface area contributed by atoms with Gasteiger partial charge in [0, 0.05) is 30.5 Å². The second kappa shape index (κ2) is 8.23. The number of nitrogens with zero attached hydrogens (tertiary/aromatic N) is 1. The number of carbonyl (C=O) groups excluding carboxylic acids is 1. The van der Waals surface area contributed by atoms with Gasteiger partial charge in [0.15, 0.2) is 0 Å². The number of nitrogens with one attached hydrogen (secondary N) is 3. The van der Waals surface area contributed by atoms with E-state index in [-0.39, 0.29) is 0 Å². The van der Waals surface area contributed by atoms with Crippen LogP contribution in [0.4, 0.5) is 0 Å². The average molecular weight is 336 g/mol. The molecule has 6 nitrogen and oxygen atoms in total. The Hall–Kier alpha value is -2.96. The highest BCUT2D eigenvalue weighted by atomic mass is 16.5. The molecular formula is C19H20N4O2. The summed E-state index contributed by atoms with van der Waals surface area (Å²) < 4.78 is 0. The lowest BCUT2D eigenvalue weighted by molar-refractivity contribution is -0.124. The molecule has 3 aromatic rings. The van der Waals surface area contributed by atoms with Crippen molar-refractivity contribution in [2.75, 3.05) is 6.54 Å². The highest BCUT2D eigenvalue weighted by molar-refractivity contribution is 5.90. The van der Waals surface area contributed by atoms with Crippen LogP contribution in [-0.4, -0.2) is 27.6 Å². The maximum absolute atomic E-state index is 10.9. The van der Waals surface area contributed by atoms with Crippen LogP contribution in [0.25, 0.3) is 17.0 Å². The molecule has 3 rings (SSSR count). The number of fused-ring (bicyclic) bond motifs is 1. The number of hydroxylamine groups is 1. The van der Waals surface area contributed by atoms with E-state index in [0.717, 1.165) is 30.6 Å². The zero-order chi connectivity index (χ0) is 17.5. The van der Waals surface area contributed by atoms with Gasteiger partial charge in [-0.25, -0.2) is 5.48 Å². The molecule has 0 aliphatic carbocycles. The van der Waals surface area contributed by atoms with Gasteiger partial charge in [0.05, 0.1) is 5.69 Å². The Morgan fingerprint density at radius 1 is 1.20 bits per heavy atom. The smallest absolute Gasteiger partial charge is 0.267 e. The number of aromatic amines is 1. The van der Waals surface area contributed by atoms with Crippen LogP contribution < -0.4 is 10.8 Å². The van der Waals surface area contributed by atoms with Crippen molar-refractivity contribution in [1.29, 1.82) is 0 Å². The lowest BCUT2D eigenvalue weighted by Crippen LogP contribution is -2.16. The Balaban J connectivity index is 1.45. The van der Waals surface area contributed by atoms with E-state index >= 15 is 0 Å². The molecule has 0 radical (unpaired) electrons. The van der Waals surface area contributed by atoms with Gasteiger partial charge in [-0.2, -0.15) is 0 Å². The Kier molecular flexibility index (Phi) is 5.56. The van der Waals surface area contributed by atoms with E-state index in [2.05, 4.69) is 39.6 Å². The molecule has 0 fully saturated rings. The number of carbonyl (C=O) groups is 1. The minimum atomic E-state index is -0.578. The number of hydrogen-bond donors (Lipinski definition) is 4. The van der Waals surface area contributed by atoms with Crippen molar-refractivity contribution in [2.24, 2.45) is 0 Å². The van der Waals surface area contributed by atoms with Crippen LogP contribution >= 0.6 is 0 Å². The summed E-state index contributed by atoms with van der Waals surface area (Å²) in [5.74, 6) is -0.578. The normalized spacial score (nSPS) is 11.2. The van der Waals surface area contributed by atoms with Gasteiger partial charge in [-0.3, -0.25) is 15.0 Å². The minimum Gasteiger partial charge on any atom is -0.361 e. The molecular weight excluding hydrogens is 316 g/mol. The second-order valence-electron chi connectivity index (χ2n) is 5.73. The molecule has 25 heavy (non-hydrogen) atoms. The predicted molar refractivity (Wildman–Crippen MR) is 96.9 cm³/mol. The number of benzene rings is 1. The summed E-state index contributed by atoms with van der Waals surface area (Å²) >= 11 is 0. The average Bonchev–Trinajstić information content (AvgIpc) is 3.12. The van der Waals surface area contributed by atoms with Gasteiger partial charge >= 0.3 is 0 Å². The highest BCUT2D eigenvalue weighted by Crippen LogP contribution is 2.14. The first kappa shape index (κ1) is 16.9. The van der Waals surface area contributed by atoms with Crippen molar-refractivity contribution < 1.29 is 10.0 Å². The van der Waals surface area contributed by atoms with Crippen LogP contribution in [0, 0.1) is 0 Å². The Morgan fingerprint density at radius 2 is 2.08 bits per heavy atom. The van der Waals surface area contributed by atoms with Crippen molar-refractivity contribution >= 4 is 22.9 Å². The molecule has 4 N–H and O–H groups in total. The summed E-state index contributed by atoms with van der Waals surface area (Å²) in [6.07, 6.45) is 7.46. The van der Waals surface area contributed by atoms with Crippen molar-refractivity contribution in [1.82, 2.24) is 20.8 Å². The van der Waals surface area contributed by atoms with E-state index < -0.39 is 5.91 Å². The maximum atomic E-state index is 10.9. The largest absolute Gasteiger partial charge is 0.361 e. The molecule has 1 amide bonds. The molecule has 6 heteroatoms. The second-order valence-corrected chi connectivity index (χ2v) is 5.73. The Morgan fingerprint density at radius 3 is 2.88 bits per heavy atom. The molecule has 2 heterocycles. The fourth-order valence-corrected chi connectivity index (χ4v) is 2.56. The molecule has 0 aliphatic rings. The maximum Gasteiger partial charge on any atom is 0.267 e. The molecule has 0 aliphatic heterocycles. The van der Waals surface area contributed by atoms with Crippen LogP contribution in [0.5, 0.6) is 0 Å². The van der Waals surface area contributed by atoms with Crippen molar-refractivity contribution in [2.45, 2.75) is 13.0 Å². The Labute approximate surface area is 145 Å². The van der Waals surface area contributed by atoms with Gasteiger partial charge < -0.3 is 10.3 Å². The standard InChI is InChI=1S/C19H20N4O2/c24-19(23-25)6-4-17-3-1-15(13-22-17)12-20-9-7-14-2-5-18-16(11-14)8-10-21-18/h1-6,8,10-11,13,20-21,25H,7,9,12H2,(H,23,24)/b6-4+. The summed E-state index contributed by atoms with van der Waals surface area (Å²) in [7, 11) is 0. The number of H-pyrrole nitrogens is 1. The van der Waals surface area contributed by atoms with Gasteiger partial charge in [0.2, 0.25) is 0 Å². The van der Waals surface area contributed by atoms with Crippen LogP contribution in [0.15, 0.2) is 54.9 Å². The van der Waals surface area contributed by atoms with Crippen LogP contribution in [0.3, 0.4) is 0 Å². The molecule has 0 bridgehead atoms. The summed E-state index contributed by atoms with van der Waals surface area (Å²) in [5, 5.41) is 13.1. The van der Waals surface area contributed by atoms with Crippen molar-refractivity contribution in [3.05, 3.63) is 71.7 Å². The fraction of sp³-hybridized carbons (Fsp3) is 0.158. The molecule has 1 aromatic carbocycles. The van der Waals surface area contributed by atoms with Crippen molar-refractivity contribution in [3.63, 3.8) is 0 Å². The van der Waals surface area contributed by atoms with E-state index in [4.69, 9.17) is 5.21 Å². The third kappa shape index (κ3) is 4.76. The lowest BCUT2D eigenvalue weighted by atomic mass is 10.1. The van der Waals surface area contributed by atoms with Gasteiger partial charge in [-0.05, 0) is 59.8 Å². The van der Waals surface area contributed by atoms with Crippen LogP contribution in [-0.2, 0) is 17.8 Å². The monoisotopic (exact) mass is 336 g/mol. The van der Waals surface area contributed by atoms with E-state index in [1.54, 1.807) is 12.3 Å². The van der Waals surface area contributed by atoms with Gasteiger partial charge in [0.1, 0.15) is 0 Å². The molecule has 0 spiro atoms. The lowest BCUT2D eigenvalue weighted by Gasteiger charge is -2.06. The number of pyridine rings is 1. The first-order chi connectivity index (χ1) is 12.2.